The number of carboxylic acid groups (broad SMARTS) is 1. The average molecular weight is 373 g/mol. The highest BCUT2D eigenvalue weighted by atomic mass is 16.4. The lowest BCUT2D eigenvalue weighted by molar-refractivity contribution is 0.0697. The molecule has 0 atom stereocenters. The van der Waals surface area contributed by atoms with E-state index in [0.29, 0.717) is 6.54 Å². The molecule has 2 amide bonds. The van der Waals surface area contributed by atoms with Gasteiger partial charge in [0.05, 0.1) is 5.56 Å². The first kappa shape index (κ1) is 19.7. The van der Waals surface area contributed by atoms with Crippen LogP contribution in [0.5, 0.6) is 0 Å². The maximum absolute atomic E-state index is 12.5. The standard InChI is InChI=1S/C21H31N3O3/c25-20(26)19-9-7-17(8-10-19)15-22-21(27)24-12-4-11-23(13-14-24)16-18-5-2-1-3-6-18/h7-10,18H,1-6,11-16H2,(H,22,27)(H,25,26). The SMILES string of the molecule is O=C(O)c1ccc(CNC(=O)N2CCCN(CC3CCCCC3)CC2)cc1. The van der Waals surface area contributed by atoms with Crippen LogP contribution in [0.1, 0.15) is 54.4 Å². The molecule has 1 aliphatic carbocycles. The fraction of sp³-hybridized carbons (Fsp3) is 0.619. The average Bonchev–Trinajstić information content (AvgIpc) is 2.93. The molecule has 2 aliphatic rings. The van der Waals surface area contributed by atoms with E-state index < -0.39 is 5.97 Å². The third kappa shape index (κ3) is 5.96. The Morgan fingerprint density at radius 1 is 0.963 bits per heavy atom. The molecule has 0 spiro atoms. The summed E-state index contributed by atoms with van der Waals surface area (Å²) in [5, 5.41) is 11.9. The summed E-state index contributed by atoms with van der Waals surface area (Å²) in [6.07, 6.45) is 7.89. The van der Waals surface area contributed by atoms with Crippen molar-refractivity contribution in [2.75, 3.05) is 32.7 Å². The van der Waals surface area contributed by atoms with Crippen molar-refractivity contribution in [1.82, 2.24) is 15.1 Å². The third-order valence-electron chi connectivity index (χ3n) is 5.76. The molecule has 0 bridgehead atoms. The van der Waals surface area contributed by atoms with Gasteiger partial charge in [0, 0.05) is 32.7 Å². The van der Waals surface area contributed by atoms with E-state index in [1.807, 2.05) is 4.90 Å². The van der Waals surface area contributed by atoms with Crippen LogP contribution in [0.15, 0.2) is 24.3 Å². The van der Waals surface area contributed by atoms with Gasteiger partial charge in [0.1, 0.15) is 0 Å². The summed E-state index contributed by atoms with van der Waals surface area (Å²) >= 11 is 0. The Labute approximate surface area is 161 Å². The van der Waals surface area contributed by atoms with Crippen LogP contribution in [0, 0.1) is 5.92 Å². The number of carboxylic acids is 1. The number of carbonyl (C=O) groups is 2. The van der Waals surface area contributed by atoms with Crippen molar-refractivity contribution < 1.29 is 14.7 Å². The first-order valence-electron chi connectivity index (χ1n) is 10.2. The fourth-order valence-electron chi connectivity index (χ4n) is 4.15. The first-order valence-corrected chi connectivity index (χ1v) is 10.2. The fourth-order valence-corrected chi connectivity index (χ4v) is 4.15. The van der Waals surface area contributed by atoms with E-state index >= 15 is 0 Å². The van der Waals surface area contributed by atoms with Gasteiger partial charge in [0.15, 0.2) is 0 Å². The zero-order valence-electron chi connectivity index (χ0n) is 16.0. The Bertz CT molecular complexity index is 626. The number of hydrogen-bond acceptors (Lipinski definition) is 3. The molecule has 1 heterocycles. The molecule has 2 fully saturated rings. The Morgan fingerprint density at radius 3 is 2.41 bits per heavy atom. The number of urea groups is 1. The Hall–Kier alpha value is -2.08. The molecule has 6 nitrogen and oxygen atoms in total. The zero-order valence-corrected chi connectivity index (χ0v) is 16.0. The normalized spacial score (nSPS) is 19.5. The van der Waals surface area contributed by atoms with Gasteiger partial charge in [-0.15, -0.1) is 0 Å². The van der Waals surface area contributed by atoms with Crippen LogP contribution in [-0.2, 0) is 6.54 Å². The van der Waals surface area contributed by atoms with Gasteiger partial charge >= 0.3 is 12.0 Å². The van der Waals surface area contributed by atoms with Gasteiger partial charge in [-0.1, -0.05) is 31.4 Å². The molecule has 3 rings (SSSR count). The summed E-state index contributed by atoms with van der Waals surface area (Å²) in [6, 6.07) is 6.60. The van der Waals surface area contributed by atoms with E-state index in [0.717, 1.165) is 44.1 Å². The maximum atomic E-state index is 12.5. The monoisotopic (exact) mass is 373 g/mol. The van der Waals surface area contributed by atoms with Crippen molar-refractivity contribution in [2.24, 2.45) is 5.92 Å². The number of amides is 2. The Morgan fingerprint density at radius 2 is 1.70 bits per heavy atom. The largest absolute Gasteiger partial charge is 0.478 e. The van der Waals surface area contributed by atoms with Crippen molar-refractivity contribution in [3.8, 4) is 0 Å². The molecule has 148 valence electrons. The smallest absolute Gasteiger partial charge is 0.335 e. The number of hydrogen-bond donors (Lipinski definition) is 2. The van der Waals surface area contributed by atoms with Crippen molar-refractivity contribution in [3.63, 3.8) is 0 Å². The van der Waals surface area contributed by atoms with Gasteiger partial charge in [-0.25, -0.2) is 9.59 Å². The second-order valence-electron chi connectivity index (χ2n) is 7.81. The lowest BCUT2D eigenvalue weighted by Gasteiger charge is -2.28. The van der Waals surface area contributed by atoms with E-state index in [4.69, 9.17) is 5.11 Å². The highest BCUT2D eigenvalue weighted by Crippen LogP contribution is 2.24. The topological polar surface area (TPSA) is 72.9 Å². The molecule has 1 aromatic carbocycles. The quantitative estimate of drug-likeness (QED) is 0.831. The molecular formula is C21H31N3O3. The molecular weight excluding hydrogens is 342 g/mol. The Balaban J connectivity index is 1.42. The van der Waals surface area contributed by atoms with Crippen LogP contribution in [-0.4, -0.2) is 59.6 Å². The van der Waals surface area contributed by atoms with E-state index in [1.54, 1.807) is 24.3 Å². The summed E-state index contributed by atoms with van der Waals surface area (Å²) in [5.74, 6) is -0.0965. The summed E-state index contributed by atoms with van der Waals surface area (Å²) < 4.78 is 0. The van der Waals surface area contributed by atoms with Gasteiger partial charge in [0.25, 0.3) is 0 Å². The number of rotatable bonds is 5. The van der Waals surface area contributed by atoms with E-state index in [-0.39, 0.29) is 11.6 Å². The van der Waals surface area contributed by atoms with Crippen molar-refractivity contribution in [1.29, 1.82) is 0 Å². The summed E-state index contributed by atoms with van der Waals surface area (Å²) in [4.78, 5) is 27.8. The molecule has 0 unspecified atom stereocenters. The predicted molar refractivity (Wildman–Crippen MR) is 105 cm³/mol. The Kier molecular flexibility index (Phi) is 7.10. The zero-order chi connectivity index (χ0) is 19.1. The van der Waals surface area contributed by atoms with Gasteiger partial charge in [-0.05, 0) is 49.4 Å². The number of nitrogens with zero attached hydrogens (tertiary/aromatic N) is 2. The van der Waals surface area contributed by atoms with E-state index in [9.17, 15) is 9.59 Å². The summed E-state index contributed by atoms with van der Waals surface area (Å²) in [6.45, 7) is 5.21. The second-order valence-corrected chi connectivity index (χ2v) is 7.81. The highest BCUT2D eigenvalue weighted by molar-refractivity contribution is 5.87. The number of nitrogens with one attached hydrogen (secondary N) is 1. The van der Waals surface area contributed by atoms with E-state index in [2.05, 4.69) is 10.2 Å². The predicted octanol–water partition coefficient (Wildman–Crippen LogP) is 3.18. The molecule has 1 saturated heterocycles. The van der Waals surface area contributed by atoms with Gasteiger partial charge in [-0.2, -0.15) is 0 Å². The van der Waals surface area contributed by atoms with Crippen molar-refractivity contribution in [3.05, 3.63) is 35.4 Å². The molecule has 0 radical (unpaired) electrons. The summed E-state index contributed by atoms with van der Waals surface area (Å²) in [7, 11) is 0. The van der Waals surface area contributed by atoms with Gasteiger partial charge < -0.3 is 20.2 Å². The lowest BCUT2D eigenvalue weighted by atomic mass is 9.89. The third-order valence-corrected chi connectivity index (χ3v) is 5.76. The van der Waals surface area contributed by atoms with Crippen LogP contribution in [0.4, 0.5) is 4.79 Å². The molecule has 1 aliphatic heterocycles. The minimum atomic E-state index is -0.937. The highest BCUT2D eigenvalue weighted by Gasteiger charge is 2.22. The van der Waals surface area contributed by atoms with Gasteiger partial charge in [0.2, 0.25) is 0 Å². The van der Waals surface area contributed by atoms with Crippen LogP contribution in [0.25, 0.3) is 0 Å². The molecule has 1 aromatic rings. The molecule has 0 aromatic heterocycles. The van der Waals surface area contributed by atoms with Crippen molar-refractivity contribution in [2.45, 2.75) is 45.1 Å². The molecule has 27 heavy (non-hydrogen) atoms. The van der Waals surface area contributed by atoms with E-state index in [1.165, 1.54) is 38.6 Å². The second kappa shape index (κ2) is 9.74. The minimum Gasteiger partial charge on any atom is -0.478 e. The van der Waals surface area contributed by atoms with Crippen LogP contribution in [0.2, 0.25) is 0 Å². The van der Waals surface area contributed by atoms with Crippen LogP contribution < -0.4 is 5.32 Å². The molecule has 6 heteroatoms. The molecule has 2 N–H and O–H groups in total. The van der Waals surface area contributed by atoms with Crippen LogP contribution in [0.3, 0.4) is 0 Å². The number of aromatic carboxylic acids is 1. The number of carbonyl (C=O) groups excluding carboxylic acids is 1. The summed E-state index contributed by atoms with van der Waals surface area (Å²) in [5.41, 5.74) is 1.16. The lowest BCUT2D eigenvalue weighted by Crippen LogP contribution is -2.42. The van der Waals surface area contributed by atoms with Crippen LogP contribution >= 0.6 is 0 Å². The first-order chi connectivity index (χ1) is 13.1. The van der Waals surface area contributed by atoms with Gasteiger partial charge in [-0.3, -0.25) is 0 Å². The number of benzene rings is 1. The minimum absolute atomic E-state index is 0.0307. The van der Waals surface area contributed by atoms with Crippen molar-refractivity contribution >= 4 is 12.0 Å². The maximum Gasteiger partial charge on any atom is 0.335 e. The molecule has 1 saturated carbocycles.